The molecule has 1 aliphatic heterocycles. The Morgan fingerprint density at radius 3 is 2.25 bits per heavy atom. The molecule has 0 spiro atoms. The Labute approximate surface area is 142 Å². The first-order valence-electron chi connectivity index (χ1n) is 7.92. The Kier molecular flexibility index (Phi) is 5.95. The first kappa shape index (κ1) is 18.4. The summed E-state index contributed by atoms with van der Waals surface area (Å²) >= 11 is 0. The Bertz CT molecular complexity index is 678. The van der Waals surface area contributed by atoms with Crippen molar-refractivity contribution in [2.24, 2.45) is 5.92 Å². The predicted molar refractivity (Wildman–Crippen MR) is 90.0 cm³/mol. The van der Waals surface area contributed by atoms with Crippen LogP contribution >= 0.6 is 0 Å². The number of nitrogens with one attached hydrogen (secondary N) is 1. The molecule has 8 heteroatoms. The van der Waals surface area contributed by atoms with Crippen LogP contribution in [0.4, 0.5) is 0 Å². The van der Waals surface area contributed by atoms with Crippen LogP contribution in [-0.4, -0.2) is 62.7 Å². The van der Waals surface area contributed by atoms with Crippen molar-refractivity contribution in [3.8, 4) is 0 Å². The maximum Gasteiger partial charge on any atom is 0.251 e. The van der Waals surface area contributed by atoms with Crippen LogP contribution in [0.5, 0.6) is 0 Å². The van der Waals surface area contributed by atoms with E-state index in [0.717, 1.165) is 6.41 Å². The number of hydrogen-bond donors (Lipinski definition) is 1. The molecule has 2 rings (SSSR count). The van der Waals surface area contributed by atoms with Gasteiger partial charge in [-0.25, -0.2) is 8.42 Å². The maximum absolute atomic E-state index is 12.6. The van der Waals surface area contributed by atoms with Gasteiger partial charge in [0.2, 0.25) is 16.4 Å². The maximum atomic E-state index is 12.6. The Morgan fingerprint density at radius 2 is 1.75 bits per heavy atom. The fourth-order valence-corrected chi connectivity index (χ4v) is 3.80. The van der Waals surface area contributed by atoms with Crippen LogP contribution in [0.2, 0.25) is 0 Å². The quantitative estimate of drug-likeness (QED) is 0.756. The first-order chi connectivity index (χ1) is 11.3. The molecule has 1 saturated heterocycles. The summed E-state index contributed by atoms with van der Waals surface area (Å²) in [4.78, 5) is 24.4. The molecule has 0 aromatic heterocycles. The van der Waals surface area contributed by atoms with E-state index in [0.29, 0.717) is 31.1 Å². The van der Waals surface area contributed by atoms with Crippen LogP contribution < -0.4 is 5.32 Å². The van der Waals surface area contributed by atoms with E-state index < -0.39 is 10.0 Å². The van der Waals surface area contributed by atoms with Crippen LogP contribution in [0.15, 0.2) is 29.2 Å². The molecule has 1 heterocycles. The van der Waals surface area contributed by atoms with Gasteiger partial charge in [0.05, 0.1) is 4.90 Å². The highest BCUT2D eigenvalue weighted by Crippen LogP contribution is 2.18. The molecular formula is C16H23N3O4S. The largest absolute Gasteiger partial charge is 0.352 e. The van der Waals surface area contributed by atoms with Crippen molar-refractivity contribution < 1.29 is 18.0 Å². The zero-order valence-electron chi connectivity index (χ0n) is 13.9. The number of nitrogens with zero attached hydrogens (tertiary/aromatic N) is 2. The number of carbonyl (C=O) groups excluding carboxylic acids is 2. The molecule has 1 fully saturated rings. The number of benzene rings is 1. The van der Waals surface area contributed by atoms with E-state index in [-0.39, 0.29) is 23.9 Å². The second-order valence-electron chi connectivity index (χ2n) is 6.17. The van der Waals surface area contributed by atoms with Crippen LogP contribution in [0.25, 0.3) is 0 Å². The predicted octanol–water partition coefficient (Wildman–Crippen LogP) is 0.535. The lowest BCUT2D eigenvalue weighted by Gasteiger charge is -2.31. The highest BCUT2D eigenvalue weighted by molar-refractivity contribution is 7.89. The van der Waals surface area contributed by atoms with Crippen molar-refractivity contribution in [2.75, 3.05) is 32.7 Å². The summed E-state index contributed by atoms with van der Waals surface area (Å²) in [6, 6.07) is 5.94. The number of piperazine rings is 1. The van der Waals surface area contributed by atoms with E-state index in [9.17, 15) is 18.0 Å². The molecule has 24 heavy (non-hydrogen) atoms. The van der Waals surface area contributed by atoms with Crippen LogP contribution in [0, 0.1) is 5.92 Å². The number of hydrogen-bond acceptors (Lipinski definition) is 4. The van der Waals surface area contributed by atoms with E-state index in [2.05, 4.69) is 5.32 Å². The van der Waals surface area contributed by atoms with Crippen molar-refractivity contribution in [3.05, 3.63) is 29.8 Å². The number of rotatable bonds is 6. The van der Waals surface area contributed by atoms with Crippen molar-refractivity contribution in [1.29, 1.82) is 0 Å². The van der Waals surface area contributed by atoms with Gasteiger partial charge in [0.1, 0.15) is 0 Å². The van der Waals surface area contributed by atoms with Gasteiger partial charge in [0.25, 0.3) is 5.91 Å². The summed E-state index contributed by atoms with van der Waals surface area (Å²) in [7, 11) is -3.60. The fraction of sp³-hybridized carbons (Fsp3) is 0.500. The lowest BCUT2D eigenvalue weighted by atomic mass is 10.2. The molecule has 1 N–H and O–H groups in total. The van der Waals surface area contributed by atoms with Gasteiger partial charge in [-0.05, 0) is 30.2 Å². The average Bonchev–Trinajstić information content (AvgIpc) is 2.59. The lowest BCUT2D eigenvalue weighted by Crippen LogP contribution is -2.47. The van der Waals surface area contributed by atoms with Gasteiger partial charge in [-0.15, -0.1) is 0 Å². The highest BCUT2D eigenvalue weighted by Gasteiger charge is 2.28. The van der Waals surface area contributed by atoms with Gasteiger partial charge in [0.15, 0.2) is 0 Å². The van der Waals surface area contributed by atoms with Crippen LogP contribution in [0.1, 0.15) is 24.2 Å². The summed E-state index contributed by atoms with van der Waals surface area (Å²) in [5, 5.41) is 2.79. The third kappa shape index (κ3) is 4.33. The van der Waals surface area contributed by atoms with Crippen LogP contribution in [0.3, 0.4) is 0 Å². The minimum Gasteiger partial charge on any atom is -0.352 e. The second-order valence-corrected chi connectivity index (χ2v) is 8.11. The van der Waals surface area contributed by atoms with Gasteiger partial charge in [-0.1, -0.05) is 13.8 Å². The Hall–Kier alpha value is -1.93. The van der Waals surface area contributed by atoms with Gasteiger partial charge < -0.3 is 10.2 Å². The fourth-order valence-electron chi connectivity index (χ4n) is 2.38. The molecule has 1 aromatic carbocycles. The van der Waals surface area contributed by atoms with E-state index >= 15 is 0 Å². The minimum absolute atomic E-state index is 0.155. The molecule has 7 nitrogen and oxygen atoms in total. The Balaban J connectivity index is 2.06. The SMILES string of the molecule is CC(C)CNC(=O)c1ccc(S(=O)(=O)N2CCN(C=O)CC2)cc1. The Morgan fingerprint density at radius 1 is 1.17 bits per heavy atom. The summed E-state index contributed by atoms with van der Waals surface area (Å²) in [6.45, 7) is 5.90. The van der Waals surface area contributed by atoms with E-state index in [4.69, 9.17) is 0 Å². The van der Waals surface area contributed by atoms with Gasteiger partial charge in [-0.3, -0.25) is 9.59 Å². The van der Waals surface area contributed by atoms with Crippen molar-refractivity contribution >= 4 is 22.3 Å². The molecule has 1 aromatic rings. The molecular weight excluding hydrogens is 330 g/mol. The number of amides is 2. The molecule has 1 aliphatic rings. The smallest absolute Gasteiger partial charge is 0.251 e. The topological polar surface area (TPSA) is 86.8 Å². The van der Waals surface area contributed by atoms with E-state index in [1.807, 2.05) is 13.8 Å². The third-order valence-electron chi connectivity index (χ3n) is 3.85. The first-order valence-corrected chi connectivity index (χ1v) is 9.36. The zero-order chi connectivity index (χ0) is 17.7. The molecule has 0 unspecified atom stereocenters. The van der Waals surface area contributed by atoms with Crippen molar-refractivity contribution in [1.82, 2.24) is 14.5 Å². The third-order valence-corrected chi connectivity index (χ3v) is 5.76. The molecule has 0 bridgehead atoms. The van der Waals surface area contributed by atoms with Gasteiger partial charge in [0, 0.05) is 38.3 Å². The van der Waals surface area contributed by atoms with E-state index in [1.165, 1.54) is 28.6 Å². The number of sulfonamides is 1. The van der Waals surface area contributed by atoms with E-state index in [1.54, 1.807) is 4.90 Å². The highest BCUT2D eigenvalue weighted by atomic mass is 32.2. The molecule has 2 amide bonds. The standard InChI is InChI=1S/C16H23N3O4S/c1-13(2)11-17-16(21)14-3-5-15(6-4-14)24(22,23)19-9-7-18(12-20)8-10-19/h3-6,12-13H,7-11H2,1-2H3,(H,17,21). The summed E-state index contributed by atoms with van der Waals surface area (Å²) in [5.41, 5.74) is 0.431. The van der Waals surface area contributed by atoms with Gasteiger partial charge >= 0.3 is 0 Å². The van der Waals surface area contributed by atoms with Crippen molar-refractivity contribution in [2.45, 2.75) is 18.7 Å². The molecule has 0 aliphatic carbocycles. The lowest BCUT2D eigenvalue weighted by molar-refractivity contribution is -0.119. The second kappa shape index (κ2) is 7.76. The molecule has 0 atom stereocenters. The average molecular weight is 353 g/mol. The zero-order valence-corrected chi connectivity index (χ0v) is 14.8. The number of carbonyl (C=O) groups is 2. The van der Waals surface area contributed by atoms with Crippen molar-refractivity contribution in [3.63, 3.8) is 0 Å². The molecule has 132 valence electrons. The summed E-state index contributed by atoms with van der Waals surface area (Å²) < 4.78 is 26.6. The monoisotopic (exact) mass is 353 g/mol. The summed E-state index contributed by atoms with van der Waals surface area (Å²) in [5.74, 6) is 0.130. The molecule has 0 saturated carbocycles. The van der Waals surface area contributed by atoms with Gasteiger partial charge in [-0.2, -0.15) is 4.31 Å². The van der Waals surface area contributed by atoms with Crippen LogP contribution in [-0.2, 0) is 14.8 Å². The minimum atomic E-state index is -3.60. The normalized spacial score (nSPS) is 16.2. The molecule has 0 radical (unpaired) electrons. The summed E-state index contributed by atoms with van der Waals surface area (Å²) in [6.07, 6.45) is 0.731.